The normalized spacial score (nSPS) is 11.5. The minimum Gasteiger partial charge on any atom is -0.297 e. The number of fused-ring (bicyclic) bond motifs is 1. The summed E-state index contributed by atoms with van der Waals surface area (Å²) < 4.78 is 2.19. The Balaban J connectivity index is 2.08. The predicted octanol–water partition coefficient (Wildman–Crippen LogP) is 4.12. The molecule has 0 saturated carbocycles. The van der Waals surface area contributed by atoms with Gasteiger partial charge in [0.25, 0.3) is 0 Å². The highest BCUT2D eigenvalue weighted by Crippen LogP contribution is 2.16. The van der Waals surface area contributed by atoms with Gasteiger partial charge in [0.2, 0.25) is 0 Å². The summed E-state index contributed by atoms with van der Waals surface area (Å²) in [5.74, 6) is 0. The van der Waals surface area contributed by atoms with E-state index in [1.807, 2.05) is 37.3 Å². The Hall–Kier alpha value is -2.35. The van der Waals surface area contributed by atoms with Gasteiger partial charge in [0.05, 0.1) is 5.69 Å². The van der Waals surface area contributed by atoms with Crippen molar-refractivity contribution in [1.82, 2.24) is 9.38 Å². The van der Waals surface area contributed by atoms with Gasteiger partial charge in [-0.15, -0.1) is 0 Å². The maximum absolute atomic E-state index is 4.56. The van der Waals surface area contributed by atoms with E-state index in [1.54, 1.807) is 0 Å². The third-order valence-electron chi connectivity index (χ3n) is 3.39. The predicted molar refractivity (Wildman–Crippen MR) is 80.0 cm³/mol. The number of nitrogens with zero attached hydrogens (tertiary/aromatic N) is 2. The number of hydrogen-bond donors (Lipinski definition) is 0. The zero-order valence-corrected chi connectivity index (χ0v) is 11.2. The van der Waals surface area contributed by atoms with E-state index < -0.39 is 0 Å². The van der Waals surface area contributed by atoms with Gasteiger partial charge in [0.1, 0.15) is 5.65 Å². The number of aromatic nitrogens is 2. The lowest BCUT2D eigenvalue weighted by molar-refractivity contribution is 1.08. The molecule has 2 nitrogen and oxygen atoms in total. The van der Waals surface area contributed by atoms with Crippen LogP contribution in [-0.2, 0) is 0 Å². The van der Waals surface area contributed by atoms with Gasteiger partial charge in [-0.25, -0.2) is 4.98 Å². The molecular weight excluding hydrogens is 232 g/mol. The second-order valence-electron chi connectivity index (χ2n) is 4.67. The first kappa shape index (κ1) is 11.7. The first-order valence-corrected chi connectivity index (χ1v) is 6.43. The Morgan fingerprint density at radius 3 is 2.47 bits per heavy atom. The van der Waals surface area contributed by atoms with Crippen LogP contribution in [0.15, 0.2) is 48.5 Å². The molecule has 0 N–H and O–H groups in total. The fourth-order valence-electron chi connectivity index (χ4n) is 2.26. The Kier molecular flexibility index (Phi) is 2.92. The zero-order chi connectivity index (χ0) is 13.2. The molecule has 3 rings (SSSR count). The molecule has 0 unspecified atom stereocenters. The van der Waals surface area contributed by atoms with Gasteiger partial charge in [-0.3, -0.25) is 4.40 Å². The van der Waals surface area contributed by atoms with Crippen molar-refractivity contribution in [1.29, 1.82) is 0 Å². The standard InChI is InChI=1S/C17H16N2/c1-13-14(2)19-16(9-6-10-17(19)18-13)12-11-15-7-4-3-5-8-15/h3-12H,1-2H3/b12-11+. The molecule has 0 atom stereocenters. The highest BCUT2D eigenvalue weighted by atomic mass is 15.0. The average Bonchev–Trinajstić information content (AvgIpc) is 2.74. The third kappa shape index (κ3) is 2.17. The maximum Gasteiger partial charge on any atom is 0.137 e. The van der Waals surface area contributed by atoms with Gasteiger partial charge in [-0.05, 0) is 37.6 Å². The van der Waals surface area contributed by atoms with Crippen molar-refractivity contribution in [3.8, 4) is 0 Å². The Labute approximate surface area is 113 Å². The van der Waals surface area contributed by atoms with Crippen molar-refractivity contribution < 1.29 is 0 Å². The summed E-state index contributed by atoms with van der Waals surface area (Å²) in [6, 6.07) is 16.5. The van der Waals surface area contributed by atoms with Crippen LogP contribution in [0.2, 0.25) is 0 Å². The largest absolute Gasteiger partial charge is 0.297 e. The molecule has 0 fully saturated rings. The number of imidazole rings is 1. The third-order valence-corrected chi connectivity index (χ3v) is 3.39. The van der Waals surface area contributed by atoms with E-state index >= 15 is 0 Å². The topological polar surface area (TPSA) is 17.3 Å². The van der Waals surface area contributed by atoms with Crippen LogP contribution in [0.5, 0.6) is 0 Å². The molecule has 3 aromatic rings. The SMILES string of the molecule is Cc1nc2cccc(/C=C/c3ccccc3)n2c1C. The number of rotatable bonds is 2. The molecule has 0 aliphatic carbocycles. The molecule has 94 valence electrons. The Bertz CT molecular complexity index is 737. The highest BCUT2D eigenvalue weighted by Gasteiger charge is 2.05. The molecule has 1 aromatic carbocycles. The van der Waals surface area contributed by atoms with E-state index in [1.165, 1.54) is 11.3 Å². The molecule has 2 heterocycles. The van der Waals surface area contributed by atoms with Crippen molar-refractivity contribution in [2.45, 2.75) is 13.8 Å². The zero-order valence-electron chi connectivity index (χ0n) is 11.2. The number of benzene rings is 1. The summed E-state index contributed by atoms with van der Waals surface area (Å²) in [4.78, 5) is 4.56. The van der Waals surface area contributed by atoms with Crippen LogP contribution in [0.3, 0.4) is 0 Å². The monoisotopic (exact) mass is 248 g/mol. The van der Waals surface area contributed by atoms with Crippen molar-refractivity contribution >= 4 is 17.8 Å². The minimum atomic E-state index is 1.00. The van der Waals surface area contributed by atoms with E-state index in [-0.39, 0.29) is 0 Å². The van der Waals surface area contributed by atoms with Crippen LogP contribution < -0.4 is 0 Å². The summed E-state index contributed by atoms with van der Waals surface area (Å²) in [7, 11) is 0. The van der Waals surface area contributed by atoms with Crippen LogP contribution in [-0.4, -0.2) is 9.38 Å². The van der Waals surface area contributed by atoms with Crippen molar-refractivity contribution in [3.05, 3.63) is 71.2 Å². The molecule has 0 spiro atoms. The first-order chi connectivity index (χ1) is 9.25. The summed E-state index contributed by atoms with van der Waals surface area (Å²) in [5, 5.41) is 0. The summed E-state index contributed by atoms with van der Waals surface area (Å²) in [6.07, 6.45) is 4.26. The smallest absolute Gasteiger partial charge is 0.137 e. The molecule has 19 heavy (non-hydrogen) atoms. The summed E-state index contributed by atoms with van der Waals surface area (Å²) in [6.45, 7) is 4.15. The number of aryl methyl sites for hydroxylation is 2. The molecule has 0 aliphatic rings. The van der Waals surface area contributed by atoms with E-state index in [2.05, 4.69) is 46.7 Å². The van der Waals surface area contributed by atoms with E-state index in [0.29, 0.717) is 0 Å². The Morgan fingerprint density at radius 1 is 0.895 bits per heavy atom. The molecule has 0 amide bonds. The maximum atomic E-state index is 4.56. The van der Waals surface area contributed by atoms with Crippen LogP contribution in [0.4, 0.5) is 0 Å². The number of pyridine rings is 1. The van der Waals surface area contributed by atoms with Gasteiger partial charge in [-0.1, -0.05) is 42.5 Å². The lowest BCUT2D eigenvalue weighted by Crippen LogP contribution is -1.92. The highest BCUT2D eigenvalue weighted by molar-refractivity contribution is 5.69. The fourth-order valence-corrected chi connectivity index (χ4v) is 2.26. The van der Waals surface area contributed by atoms with Gasteiger partial charge < -0.3 is 0 Å². The van der Waals surface area contributed by atoms with E-state index in [9.17, 15) is 0 Å². The van der Waals surface area contributed by atoms with Crippen LogP contribution in [0.25, 0.3) is 17.8 Å². The van der Waals surface area contributed by atoms with Crippen LogP contribution in [0, 0.1) is 13.8 Å². The molecule has 2 aromatic heterocycles. The lowest BCUT2D eigenvalue weighted by Gasteiger charge is -2.02. The molecule has 0 saturated heterocycles. The fraction of sp³-hybridized carbons (Fsp3) is 0.118. The van der Waals surface area contributed by atoms with Gasteiger partial charge >= 0.3 is 0 Å². The van der Waals surface area contributed by atoms with Crippen molar-refractivity contribution in [3.63, 3.8) is 0 Å². The van der Waals surface area contributed by atoms with Gasteiger partial charge in [0.15, 0.2) is 0 Å². The van der Waals surface area contributed by atoms with E-state index in [0.717, 1.165) is 17.0 Å². The molecule has 0 bridgehead atoms. The second kappa shape index (κ2) is 4.73. The van der Waals surface area contributed by atoms with Gasteiger partial charge in [-0.2, -0.15) is 0 Å². The second-order valence-corrected chi connectivity index (χ2v) is 4.67. The quantitative estimate of drug-likeness (QED) is 0.666. The average molecular weight is 248 g/mol. The van der Waals surface area contributed by atoms with Crippen LogP contribution >= 0.6 is 0 Å². The molecular formula is C17H16N2. The van der Waals surface area contributed by atoms with Gasteiger partial charge in [0, 0.05) is 11.4 Å². The first-order valence-electron chi connectivity index (χ1n) is 6.43. The summed E-state index contributed by atoms with van der Waals surface area (Å²) >= 11 is 0. The summed E-state index contributed by atoms with van der Waals surface area (Å²) in [5.41, 5.74) is 5.64. The molecule has 0 radical (unpaired) electrons. The van der Waals surface area contributed by atoms with Crippen molar-refractivity contribution in [2.24, 2.45) is 0 Å². The van der Waals surface area contributed by atoms with E-state index in [4.69, 9.17) is 0 Å². The minimum absolute atomic E-state index is 1.00. The van der Waals surface area contributed by atoms with Crippen molar-refractivity contribution in [2.75, 3.05) is 0 Å². The molecule has 0 aliphatic heterocycles. The number of hydrogen-bond acceptors (Lipinski definition) is 1. The lowest BCUT2D eigenvalue weighted by atomic mass is 10.2. The van der Waals surface area contributed by atoms with Crippen LogP contribution in [0.1, 0.15) is 22.6 Å². The Morgan fingerprint density at radius 2 is 1.68 bits per heavy atom. The molecule has 2 heteroatoms.